The highest BCUT2D eigenvalue weighted by Crippen LogP contribution is 2.21. The Kier molecular flexibility index (Phi) is 2.43. The van der Waals surface area contributed by atoms with Crippen molar-refractivity contribution in [3.05, 3.63) is 35.5 Å². The van der Waals surface area contributed by atoms with Crippen LogP contribution in [0.5, 0.6) is 0 Å². The van der Waals surface area contributed by atoms with E-state index in [-0.39, 0.29) is 0 Å². The Morgan fingerprint density at radius 1 is 1.53 bits per heavy atom. The molecule has 1 aromatic heterocycles. The Hall–Kier alpha value is -1.81. The first-order valence-corrected chi connectivity index (χ1v) is 4.71. The standard InChI is InChI=1S/C11H12N2O2/c1-12-5-7-6-13-10-8(7)3-2-4-9(10)11(14)15/h2-4,6,12-13H,5H2,1H3,(H,14,15). The molecular weight excluding hydrogens is 192 g/mol. The van der Waals surface area contributed by atoms with Crippen LogP contribution in [0.15, 0.2) is 24.4 Å². The molecule has 1 heterocycles. The lowest BCUT2D eigenvalue weighted by molar-refractivity contribution is 0.0699. The maximum absolute atomic E-state index is 10.9. The van der Waals surface area contributed by atoms with Crippen LogP contribution in [0.4, 0.5) is 0 Å². The third kappa shape index (κ3) is 1.59. The van der Waals surface area contributed by atoms with Gasteiger partial charge in [-0.05, 0) is 18.7 Å². The van der Waals surface area contributed by atoms with E-state index in [0.29, 0.717) is 11.1 Å². The zero-order valence-corrected chi connectivity index (χ0v) is 8.37. The van der Waals surface area contributed by atoms with Crippen LogP contribution >= 0.6 is 0 Å². The largest absolute Gasteiger partial charge is 0.478 e. The minimum Gasteiger partial charge on any atom is -0.478 e. The number of hydrogen-bond acceptors (Lipinski definition) is 2. The molecule has 2 rings (SSSR count). The molecule has 2 aromatic rings. The number of hydrogen-bond donors (Lipinski definition) is 3. The molecule has 4 nitrogen and oxygen atoms in total. The van der Waals surface area contributed by atoms with E-state index < -0.39 is 5.97 Å². The Bertz CT molecular complexity index is 502. The summed E-state index contributed by atoms with van der Waals surface area (Å²) in [5, 5.41) is 13.0. The van der Waals surface area contributed by atoms with Gasteiger partial charge in [0.2, 0.25) is 0 Å². The number of aromatic carboxylic acids is 1. The number of carboxylic acids is 1. The minimum absolute atomic E-state index is 0.315. The predicted molar refractivity (Wildman–Crippen MR) is 58.0 cm³/mol. The molecule has 0 unspecified atom stereocenters. The fourth-order valence-electron chi connectivity index (χ4n) is 1.73. The second kappa shape index (κ2) is 3.74. The molecule has 0 saturated heterocycles. The van der Waals surface area contributed by atoms with Gasteiger partial charge >= 0.3 is 5.97 Å². The van der Waals surface area contributed by atoms with Crippen molar-refractivity contribution in [2.24, 2.45) is 0 Å². The summed E-state index contributed by atoms with van der Waals surface area (Å²) in [5.41, 5.74) is 2.08. The van der Waals surface area contributed by atoms with Crippen molar-refractivity contribution in [1.82, 2.24) is 10.3 Å². The maximum atomic E-state index is 10.9. The third-order valence-corrected chi connectivity index (χ3v) is 2.40. The van der Waals surface area contributed by atoms with Crippen molar-refractivity contribution in [3.8, 4) is 0 Å². The minimum atomic E-state index is -0.904. The Balaban J connectivity index is 2.63. The quantitative estimate of drug-likeness (QED) is 0.711. The number of H-pyrrole nitrogens is 1. The second-order valence-electron chi connectivity index (χ2n) is 3.38. The molecule has 0 atom stereocenters. The molecule has 0 aliphatic rings. The first-order valence-electron chi connectivity index (χ1n) is 4.71. The van der Waals surface area contributed by atoms with Gasteiger partial charge in [-0.25, -0.2) is 4.79 Å². The van der Waals surface area contributed by atoms with Gasteiger partial charge in [-0.1, -0.05) is 12.1 Å². The van der Waals surface area contributed by atoms with E-state index in [1.807, 2.05) is 19.3 Å². The fraction of sp³-hybridized carbons (Fsp3) is 0.182. The van der Waals surface area contributed by atoms with Crippen molar-refractivity contribution in [2.45, 2.75) is 6.54 Å². The monoisotopic (exact) mass is 204 g/mol. The van der Waals surface area contributed by atoms with Gasteiger partial charge in [-0.15, -0.1) is 0 Å². The summed E-state index contributed by atoms with van der Waals surface area (Å²) >= 11 is 0. The first kappa shape index (κ1) is 9.73. The predicted octanol–water partition coefficient (Wildman–Crippen LogP) is 1.59. The summed E-state index contributed by atoms with van der Waals surface area (Å²) in [5.74, 6) is -0.904. The topological polar surface area (TPSA) is 65.1 Å². The molecule has 0 saturated carbocycles. The number of para-hydroxylation sites is 1. The van der Waals surface area contributed by atoms with Crippen LogP contribution < -0.4 is 5.32 Å². The molecule has 0 aliphatic heterocycles. The summed E-state index contributed by atoms with van der Waals surface area (Å²) in [7, 11) is 1.86. The van der Waals surface area contributed by atoms with Crippen LogP contribution in [0.3, 0.4) is 0 Å². The average molecular weight is 204 g/mol. The highest BCUT2D eigenvalue weighted by Gasteiger charge is 2.11. The lowest BCUT2D eigenvalue weighted by Crippen LogP contribution is -2.04. The van der Waals surface area contributed by atoms with Crippen molar-refractivity contribution < 1.29 is 9.90 Å². The molecular formula is C11H12N2O2. The molecule has 0 spiro atoms. The number of carbonyl (C=O) groups is 1. The maximum Gasteiger partial charge on any atom is 0.337 e. The fourth-order valence-corrected chi connectivity index (χ4v) is 1.73. The van der Waals surface area contributed by atoms with E-state index in [0.717, 1.165) is 17.5 Å². The van der Waals surface area contributed by atoms with Crippen molar-refractivity contribution in [3.63, 3.8) is 0 Å². The molecule has 0 fully saturated rings. The summed E-state index contributed by atoms with van der Waals surface area (Å²) in [6, 6.07) is 5.29. The number of benzene rings is 1. The van der Waals surface area contributed by atoms with Gasteiger partial charge in [-0.3, -0.25) is 0 Å². The van der Waals surface area contributed by atoms with Gasteiger partial charge in [0, 0.05) is 18.1 Å². The van der Waals surface area contributed by atoms with Gasteiger partial charge < -0.3 is 15.4 Å². The number of carboxylic acid groups (broad SMARTS) is 1. The van der Waals surface area contributed by atoms with Crippen LogP contribution in [0, 0.1) is 0 Å². The van der Waals surface area contributed by atoms with Crippen LogP contribution in [-0.4, -0.2) is 23.1 Å². The molecule has 15 heavy (non-hydrogen) atoms. The van der Waals surface area contributed by atoms with E-state index in [1.165, 1.54) is 0 Å². The Labute approximate surface area is 86.9 Å². The van der Waals surface area contributed by atoms with Crippen LogP contribution in [0.2, 0.25) is 0 Å². The molecule has 4 heteroatoms. The Morgan fingerprint density at radius 3 is 3.00 bits per heavy atom. The van der Waals surface area contributed by atoms with Gasteiger partial charge in [-0.2, -0.15) is 0 Å². The number of aromatic nitrogens is 1. The molecule has 0 aliphatic carbocycles. The number of rotatable bonds is 3. The van der Waals surface area contributed by atoms with E-state index in [4.69, 9.17) is 5.11 Å². The lowest BCUT2D eigenvalue weighted by atomic mass is 10.1. The van der Waals surface area contributed by atoms with E-state index in [9.17, 15) is 4.79 Å². The zero-order valence-electron chi connectivity index (χ0n) is 8.37. The highest BCUT2D eigenvalue weighted by atomic mass is 16.4. The van der Waals surface area contributed by atoms with Crippen molar-refractivity contribution >= 4 is 16.9 Å². The summed E-state index contributed by atoms with van der Waals surface area (Å²) in [6.07, 6.45) is 1.84. The summed E-state index contributed by atoms with van der Waals surface area (Å²) < 4.78 is 0. The zero-order chi connectivity index (χ0) is 10.8. The molecule has 0 radical (unpaired) electrons. The molecule has 78 valence electrons. The average Bonchev–Trinajstić information content (AvgIpc) is 2.62. The van der Waals surface area contributed by atoms with Gasteiger partial charge in [0.1, 0.15) is 0 Å². The van der Waals surface area contributed by atoms with Gasteiger partial charge in [0.15, 0.2) is 0 Å². The SMILES string of the molecule is CNCc1c[nH]c2c(C(=O)O)cccc12. The normalized spacial score (nSPS) is 10.7. The number of nitrogens with one attached hydrogen (secondary N) is 2. The Morgan fingerprint density at radius 2 is 2.33 bits per heavy atom. The lowest BCUT2D eigenvalue weighted by Gasteiger charge is -1.99. The van der Waals surface area contributed by atoms with Crippen LogP contribution in [0.25, 0.3) is 10.9 Å². The molecule has 1 aromatic carbocycles. The smallest absolute Gasteiger partial charge is 0.337 e. The van der Waals surface area contributed by atoms with E-state index in [1.54, 1.807) is 12.1 Å². The highest BCUT2D eigenvalue weighted by molar-refractivity contribution is 6.02. The van der Waals surface area contributed by atoms with Crippen LogP contribution in [-0.2, 0) is 6.54 Å². The number of aromatic amines is 1. The molecule has 3 N–H and O–H groups in total. The first-order chi connectivity index (χ1) is 7.24. The molecule has 0 amide bonds. The summed E-state index contributed by atoms with van der Waals surface area (Å²) in [6.45, 7) is 0.725. The van der Waals surface area contributed by atoms with E-state index in [2.05, 4.69) is 10.3 Å². The van der Waals surface area contributed by atoms with Gasteiger partial charge in [0.25, 0.3) is 0 Å². The second-order valence-corrected chi connectivity index (χ2v) is 3.38. The van der Waals surface area contributed by atoms with Crippen LogP contribution in [0.1, 0.15) is 15.9 Å². The van der Waals surface area contributed by atoms with Crippen molar-refractivity contribution in [1.29, 1.82) is 0 Å². The third-order valence-electron chi connectivity index (χ3n) is 2.40. The number of fused-ring (bicyclic) bond motifs is 1. The van der Waals surface area contributed by atoms with E-state index >= 15 is 0 Å². The van der Waals surface area contributed by atoms with Gasteiger partial charge in [0.05, 0.1) is 11.1 Å². The molecule has 0 bridgehead atoms. The summed E-state index contributed by atoms with van der Waals surface area (Å²) in [4.78, 5) is 13.9. The van der Waals surface area contributed by atoms with Crippen molar-refractivity contribution in [2.75, 3.05) is 7.05 Å².